The van der Waals surface area contributed by atoms with Crippen LogP contribution in [0.1, 0.15) is 25.3 Å². The number of sulfonamides is 1. The molecule has 0 fully saturated rings. The van der Waals surface area contributed by atoms with E-state index in [9.17, 15) is 18.3 Å². The van der Waals surface area contributed by atoms with E-state index in [0.717, 1.165) is 0 Å². The predicted octanol–water partition coefficient (Wildman–Crippen LogP) is 1.18. The zero-order valence-electron chi connectivity index (χ0n) is 11.7. The average molecular weight is 317 g/mol. The Morgan fingerprint density at radius 2 is 2.10 bits per heavy atom. The van der Waals surface area contributed by atoms with Gasteiger partial charge in [0.1, 0.15) is 5.75 Å². The van der Waals surface area contributed by atoms with E-state index < -0.39 is 16.0 Å². The first-order valence-electron chi connectivity index (χ1n) is 6.47. The molecule has 3 N–H and O–H groups in total. The van der Waals surface area contributed by atoms with Crippen molar-refractivity contribution in [3.8, 4) is 5.75 Å². The summed E-state index contributed by atoms with van der Waals surface area (Å²) in [4.78, 5) is 10.4. The predicted molar refractivity (Wildman–Crippen MR) is 77.8 cm³/mol. The first-order chi connectivity index (χ1) is 9.88. The number of carbonyl (C=O) groups is 1. The highest BCUT2D eigenvalue weighted by molar-refractivity contribution is 7.92. The molecule has 118 valence electrons. The van der Waals surface area contributed by atoms with E-state index in [1.54, 1.807) is 13.0 Å². The molecule has 0 saturated heterocycles. The van der Waals surface area contributed by atoms with E-state index in [1.165, 1.54) is 12.1 Å². The minimum absolute atomic E-state index is 0.0363. The number of carboxylic acids is 1. The lowest BCUT2D eigenvalue weighted by atomic mass is 10.2. The van der Waals surface area contributed by atoms with Crippen molar-refractivity contribution in [2.24, 2.45) is 0 Å². The Morgan fingerprint density at radius 3 is 2.67 bits per heavy atom. The van der Waals surface area contributed by atoms with E-state index in [2.05, 4.69) is 4.72 Å². The summed E-state index contributed by atoms with van der Waals surface area (Å²) in [6, 6.07) is 4.59. The highest BCUT2D eigenvalue weighted by Crippen LogP contribution is 2.23. The fourth-order valence-corrected chi connectivity index (χ4v) is 2.82. The lowest BCUT2D eigenvalue weighted by molar-refractivity contribution is -0.137. The minimum Gasteiger partial charge on any atom is -0.494 e. The molecule has 8 heteroatoms. The van der Waals surface area contributed by atoms with Crippen molar-refractivity contribution in [2.75, 3.05) is 17.1 Å². The molecule has 0 spiro atoms. The topological polar surface area (TPSA) is 113 Å². The molecule has 0 bridgehead atoms. The Bertz CT molecular complexity index is 584. The Balaban J connectivity index is 2.75. The number of aliphatic hydroxyl groups excluding tert-OH is 1. The maximum absolute atomic E-state index is 11.8. The number of hydrogen-bond donors (Lipinski definition) is 3. The number of benzene rings is 1. The van der Waals surface area contributed by atoms with Crippen LogP contribution in [0.3, 0.4) is 0 Å². The van der Waals surface area contributed by atoms with Crippen LogP contribution in [0.4, 0.5) is 5.69 Å². The Kier molecular flexibility index (Phi) is 6.44. The Labute approximate surface area is 123 Å². The number of aliphatic hydroxyl groups is 1. The van der Waals surface area contributed by atoms with Gasteiger partial charge in [0.2, 0.25) is 10.0 Å². The average Bonchev–Trinajstić information content (AvgIpc) is 2.39. The van der Waals surface area contributed by atoms with Crippen LogP contribution in [0.25, 0.3) is 0 Å². The molecule has 1 rings (SSSR count). The number of carboxylic acid groups (broad SMARTS) is 1. The fraction of sp³-hybridized carbons (Fsp3) is 0.462. The molecule has 7 nitrogen and oxygen atoms in total. The highest BCUT2D eigenvalue weighted by Gasteiger charge is 2.13. The third kappa shape index (κ3) is 6.01. The van der Waals surface area contributed by atoms with Gasteiger partial charge in [-0.05, 0) is 31.5 Å². The summed E-state index contributed by atoms with van der Waals surface area (Å²) >= 11 is 0. The van der Waals surface area contributed by atoms with Crippen molar-refractivity contribution in [3.05, 3.63) is 23.8 Å². The summed E-state index contributed by atoms with van der Waals surface area (Å²) in [5.41, 5.74) is 0.778. The van der Waals surface area contributed by atoms with Gasteiger partial charge in [0.15, 0.2) is 0 Å². The van der Waals surface area contributed by atoms with Crippen molar-refractivity contribution in [1.29, 1.82) is 0 Å². The fourth-order valence-electron chi connectivity index (χ4n) is 1.71. The van der Waals surface area contributed by atoms with E-state index in [4.69, 9.17) is 9.84 Å². The molecule has 0 atom stereocenters. The standard InChI is InChI=1S/C13H19NO6S/c1-2-20-12-6-5-11(8-10(12)9-15)14-21(18,19)7-3-4-13(16)17/h5-6,8,14-15H,2-4,7,9H2,1H3,(H,16,17). The van der Waals surface area contributed by atoms with Crippen LogP contribution >= 0.6 is 0 Å². The van der Waals surface area contributed by atoms with E-state index in [1.807, 2.05) is 0 Å². The van der Waals surface area contributed by atoms with Crippen molar-refractivity contribution in [1.82, 2.24) is 0 Å². The first-order valence-corrected chi connectivity index (χ1v) is 8.12. The smallest absolute Gasteiger partial charge is 0.303 e. The maximum Gasteiger partial charge on any atom is 0.303 e. The van der Waals surface area contributed by atoms with Crippen LogP contribution in [0.5, 0.6) is 5.75 Å². The molecule has 0 aromatic heterocycles. The van der Waals surface area contributed by atoms with Crippen LogP contribution in [0, 0.1) is 0 Å². The second kappa shape index (κ2) is 7.84. The largest absolute Gasteiger partial charge is 0.494 e. The van der Waals surface area contributed by atoms with Gasteiger partial charge < -0.3 is 14.9 Å². The molecule has 0 radical (unpaired) electrons. The number of ether oxygens (including phenoxy) is 1. The number of anilines is 1. The van der Waals surface area contributed by atoms with Crippen molar-refractivity contribution >= 4 is 21.7 Å². The van der Waals surface area contributed by atoms with Gasteiger partial charge in [-0.2, -0.15) is 0 Å². The molecule has 0 unspecified atom stereocenters. The SMILES string of the molecule is CCOc1ccc(NS(=O)(=O)CCCC(=O)O)cc1CO. The van der Waals surface area contributed by atoms with Crippen LogP contribution in [0.15, 0.2) is 18.2 Å². The molecule has 0 aliphatic rings. The van der Waals surface area contributed by atoms with Gasteiger partial charge in [-0.15, -0.1) is 0 Å². The maximum atomic E-state index is 11.8. The third-order valence-electron chi connectivity index (χ3n) is 2.61. The van der Waals surface area contributed by atoms with Crippen LogP contribution in [-0.2, 0) is 21.4 Å². The number of nitrogens with one attached hydrogen (secondary N) is 1. The van der Waals surface area contributed by atoms with Crippen LogP contribution in [-0.4, -0.2) is 37.0 Å². The van der Waals surface area contributed by atoms with Gasteiger partial charge >= 0.3 is 5.97 Å². The van der Waals surface area contributed by atoms with Gasteiger partial charge in [-0.25, -0.2) is 8.42 Å². The lowest BCUT2D eigenvalue weighted by Gasteiger charge is -2.12. The second-order valence-corrected chi connectivity index (χ2v) is 6.17. The number of aliphatic carboxylic acids is 1. The summed E-state index contributed by atoms with van der Waals surface area (Å²) in [5, 5.41) is 17.7. The summed E-state index contributed by atoms with van der Waals surface area (Å²) in [6.07, 6.45) is -0.166. The molecule has 0 aliphatic carbocycles. The van der Waals surface area contributed by atoms with Gasteiger partial charge in [0, 0.05) is 17.7 Å². The number of rotatable bonds is 9. The molecule has 0 heterocycles. The molecular weight excluding hydrogens is 298 g/mol. The molecule has 21 heavy (non-hydrogen) atoms. The van der Waals surface area contributed by atoms with Gasteiger partial charge in [0.25, 0.3) is 0 Å². The van der Waals surface area contributed by atoms with Crippen LogP contribution in [0.2, 0.25) is 0 Å². The zero-order valence-corrected chi connectivity index (χ0v) is 12.5. The summed E-state index contributed by atoms with van der Waals surface area (Å²) in [5.74, 6) is -0.816. The van der Waals surface area contributed by atoms with Gasteiger partial charge in [-0.1, -0.05) is 0 Å². The quantitative estimate of drug-likeness (QED) is 0.630. The van der Waals surface area contributed by atoms with E-state index in [0.29, 0.717) is 23.6 Å². The normalized spacial score (nSPS) is 11.1. The molecule has 1 aromatic carbocycles. The summed E-state index contributed by atoms with van der Waals surface area (Å²) < 4.78 is 31.2. The van der Waals surface area contributed by atoms with E-state index in [-0.39, 0.29) is 25.2 Å². The van der Waals surface area contributed by atoms with Crippen molar-refractivity contribution < 1.29 is 28.2 Å². The van der Waals surface area contributed by atoms with Crippen molar-refractivity contribution in [2.45, 2.75) is 26.4 Å². The molecule has 0 saturated carbocycles. The van der Waals surface area contributed by atoms with Crippen LogP contribution < -0.4 is 9.46 Å². The third-order valence-corrected chi connectivity index (χ3v) is 3.98. The molecule has 1 aromatic rings. The Morgan fingerprint density at radius 1 is 1.38 bits per heavy atom. The monoisotopic (exact) mass is 317 g/mol. The van der Waals surface area contributed by atoms with Gasteiger partial charge in [0.05, 0.1) is 19.0 Å². The molecular formula is C13H19NO6S. The lowest BCUT2D eigenvalue weighted by Crippen LogP contribution is -2.17. The number of hydrogen-bond acceptors (Lipinski definition) is 5. The van der Waals surface area contributed by atoms with Gasteiger partial charge in [-0.3, -0.25) is 9.52 Å². The minimum atomic E-state index is -3.62. The van der Waals surface area contributed by atoms with Crippen molar-refractivity contribution in [3.63, 3.8) is 0 Å². The Hall–Kier alpha value is -1.80. The first kappa shape index (κ1) is 17.3. The highest BCUT2D eigenvalue weighted by atomic mass is 32.2. The van der Waals surface area contributed by atoms with E-state index >= 15 is 0 Å². The summed E-state index contributed by atoms with van der Waals surface area (Å²) in [7, 11) is -3.62. The zero-order chi connectivity index (χ0) is 15.9. The molecule has 0 aliphatic heterocycles. The second-order valence-electron chi connectivity index (χ2n) is 4.33. The molecule has 0 amide bonds. The summed E-state index contributed by atoms with van der Waals surface area (Å²) in [6.45, 7) is 1.97.